The van der Waals surface area contributed by atoms with E-state index >= 15 is 0 Å². The monoisotopic (exact) mass is 224 g/mol. The molecule has 1 heteroatoms. The van der Waals surface area contributed by atoms with E-state index in [1.54, 1.807) is 6.07 Å². The maximum atomic E-state index is 9.59. The Morgan fingerprint density at radius 2 is 1.59 bits per heavy atom. The number of phenols is 1. The SMILES string of the molecule is Cc1cc(/C=C/c2ccccc2)c(C)cc1O. The molecule has 2 aromatic rings. The maximum absolute atomic E-state index is 9.59. The van der Waals surface area contributed by atoms with Crippen molar-refractivity contribution in [3.05, 3.63) is 64.7 Å². The zero-order valence-corrected chi connectivity index (χ0v) is 10.1. The summed E-state index contributed by atoms with van der Waals surface area (Å²) in [6.45, 7) is 3.92. The van der Waals surface area contributed by atoms with Crippen LogP contribution in [-0.4, -0.2) is 5.11 Å². The second-order valence-corrected chi connectivity index (χ2v) is 4.24. The van der Waals surface area contributed by atoms with Gasteiger partial charge < -0.3 is 5.11 Å². The van der Waals surface area contributed by atoms with Crippen LogP contribution in [-0.2, 0) is 0 Å². The van der Waals surface area contributed by atoms with E-state index in [2.05, 4.69) is 24.3 Å². The van der Waals surface area contributed by atoms with Crippen LogP contribution in [0.2, 0.25) is 0 Å². The Morgan fingerprint density at radius 1 is 0.882 bits per heavy atom. The van der Waals surface area contributed by atoms with E-state index in [-0.39, 0.29) is 0 Å². The number of hydrogen-bond acceptors (Lipinski definition) is 1. The van der Waals surface area contributed by atoms with Gasteiger partial charge in [0.15, 0.2) is 0 Å². The fourth-order valence-electron chi connectivity index (χ4n) is 1.75. The van der Waals surface area contributed by atoms with E-state index in [4.69, 9.17) is 0 Å². The molecule has 86 valence electrons. The van der Waals surface area contributed by atoms with Gasteiger partial charge in [-0.15, -0.1) is 0 Å². The smallest absolute Gasteiger partial charge is 0.118 e. The molecule has 1 nitrogen and oxygen atoms in total. The van der Waals surface area contributed by atoms with Crippen LogP contribution in [0.15, 0.2) is 42.5 Å². The van der Waals surface area contributed by atoms with E-state index in [0.717, 1.165) is 16.7 Å². The Bertz CT molecular complexity index is 539. The molecule has 0 radical (unpaired) electrons. The molecule has 0 aliphatic carbocycles. The highest BCUT2D eigenvalue weighted by molar-refractivity contribution is 5.71. The molecule has 0 aliphatic rings. The van der Waals surface area contributed by atoms with Gasteiger partial charge in [0, 0.05) is 0 Å². The largest absolute Gasteiger partial charge is 0.508 e. The molecule has 0 atom stereocenters. The van der Waals surface area contributed by atoms with Gasteiger partial charge in [-0.05, 0) is 48.2 Å². The van der Waals surface area contributed by atoms with Gasteiger partial charge in [0.2, 0.25) is 0 Å². The quantitative estimate of drug-likeness (QED) is 0.759. The molecule has 0 saturated carbocycles. The van der Waals surface area contributed by atoms with Crippen LogP contribution in [0.25, 0.3) is 12.2 Å². The zero-order valence-electron chi connectivity index (χ0n) is 10.1. The van der Waals surface area contributed by atoms with Crippen LogP contribution in [0.4, 0.5) is 0 Å². The molecule has 0 amide bonds. The van der Waals surface area contributed by atoms with E-state index in [1.165, 1.54) is 5.56 Å². The lowest BCUT2D eigenvalue weighted by atomic mass is 10.0. The van der Waals surface area contributed by atoms with Crippen LogP contribution in [0.5, 0.6) is 5.75 Å². The van der Waals surface area contributed by atoms with E-state index in [1.807, 2.05) is 38.1 Å². The third kappa shape index (κ3) is 2.76. The van der Waals surface area contributed by atoms with Crippen LogP contribution < -0.4 is 0 Å². The minimum atomic E-state index is 0.361. The van der Waals surface area contributed by atoms with Crippen LogP contribution in [0.3, 0.4) is 0 Å². The van der Waals surface area contributed by atoms with Crippen molar-refractivity contribution >= 4 is 12.2 Å². The summed E-state index contributed by atoms with van der Waals surface area (Å²) < 4.78 is 0. The van der Waals surface area contributed by atoms with E-state index < -0.39 is 0 Å². The molecule has 0 heterocycles. The van der Waals surface area contributed by atoms with Crippen molar-refractivity contribution in [2.75, 3.05) is 0 Å². The molecule has 0 aromatic heterocycles. The Morgan fingerprint density at radius 3 is 2.29 bits per heavy atom. The molecule has 2 aromatic carbocycles. The molecular weight excluding hydrogens is 208 g/mol. The molecule has 0 saturated heterocycles. The van der Waals surface area contributed by atoms with Crippen molar-refractivity contribution in [1.29, 1.82) is 0 Å². The number of phenolic OH excluding ortho intramolecular Hbond substituents is 1. The summed E-state index contributed by atoms with van der Waals surface area (Å²) in [6, 6.07) is 14.0. The summed E-state index contributed by atoms with van der Waals surface area (Å²) in [5.74, 6) is 0.361. The van der Waals surface area contributed by atoms with E-state index in [9.17, 15) is 5.11 Å². The predicted molar refractivity (Wildman–Crippen MR) is 73.0 cm³/mol. The molecular formula is C16H16O. The Hall–Kier alpha value is -2.02. The average molecular weight is 224 g/mol. The highest BCUT2D eigenvalue weighted by Gasteiger charge is 2.00. The number of hydrogen-bond donors (Lipinski definition) is 1. The predicted octanol–water partition coefficient (Wildman–Crippen LogP) is 4.18. The summed E-state index contributed by atoms with van der Waals surface area (Å²) in [5, 5.41) is 9.59. The normalized spacial score (nSPS) is 10.9. The first-order chi connectivity index (χ1) is 8.16. The molecule has 1 N–H and O–H groups in total. The fraction of sp³-hybridized carbons (Fsp3) is 0.125. The lowest BCUT2D eigenvalue weighted by Gasteiger charge is -2.04. The number of aryl methyl sites for hydroxylation is 2. The first-order valence-electron chi connectivity index (χ1n) is 5.70. The molecule has 2 rings (SSSR count). The van der Waals surface area contributed by atoms with Crippen LogP contribution in [0.1, 0.15) is 22.3 Å². The molecule has 0 spiro atoms. The molecule has 0 bridgehead atoms. The summed E-state index contributed by atoms with van der Waals surface area (Å²) in [7, 11) is 0. The molecule has 0 fully saturated rings. The summed E-state index contributed by atoms with van der Waals surface area (Å²) in [6.07, 6.45) is 4.16. The zero-order chi connectivity index (χ0) is 12.3. The molecule has 17 heavy (non-hydrogen) atoms. The Labute approximate surface area is 102 Å². The fourth-order valence-corrected chi connectivity index (χ4v) is 1.75. The Balaban J connectivity index is 2.31. The minimum Gasteiger partial charge on any atom is -0.508 e. The summed E-state index contributed by atoms with van der Waals surface area (Å²) in [4.78, 5) is 0. The van der Waals surface area contributed by atoms with Gasteiger partial charge in [-0.3, -0.25) is 0 Å². The maximum Gasteiger partial charge on any atom is 0.118 e. The summed E-state index contributed by atoms with van der Waals surface area (Å²) in [5.41, 5.74) is 4.31. The topological polar surface area (TPSA) is 20.2 Å². The van der Waals surface area contributed by atoms with Gasteiger partial charge in [-0.1, -0.05) is 42.5 Å². The van der Waals surface area contributed by atoms with Crippen LogP contribution in [0, 0.1) is 13.8 Å². The Kier molecular flexibility index (Phi) is 3.29. The number of rotatable bonds is 2. The van der Waals surface area contributed by atoms with Crippen molar-refractivity contribution in [2.24, 2.45) is 0 Å². The van der Waals surface area contributed by atoms with Crippen molar-refractivity contribution in [3.63, 3.8) is 0 Å². The van der Waals surface area contributed by atoms with Gasteiger partial charge in [0.25, 0.3) is 0 Å². The van der Waals surface area contributed by atoms with Gasteiger partial charge >= 0.3 is 0 Å². The highest BCUT2D eigenvalue weighted by atomic mass is 16.3. The van der Waals surface area contributed by atoms with Crippen LogP contribution >= 0.6 is 0 Å². The van der Waals surface area contributed by atoms with Crippen molar-refractivity contribution in [3.8, 4) is 5.75 Å². The first-order valence-corrected chi connectivity index (χ1v) is 5.70. The summed E-state index contributed by atoms with van der Waals surface area (Å²) >= 11 is 0. The van der Waals surface area contributed by atoms with Gasteiger partial charge in [0.05, 0.1) is 0 Å². The second kappa shape index (κ2) is 4.88. The van der Waals surface area contributed by atoms with Crippen molar-refractivity contribution < 1.29 is 5.11 Å². The molecule has 0 aliphatic heterocycles. The lowest BCUT2D eigenvalue weighted by molar-refractivity contribution is 0.470. The third-order valence-corrected chi connectivity index (χ3v) is 2.84. The van der Waals surface area contributed by atoms with Gasteiger partial charge in [0.1, 0.15) is 5.75 Å². The average Bonchev–Trinajstić information content (AvgIpc) is 2.33. The standard InChI is InChI=1S/C16H16O/c1-12-11-16(17)13(2)10-15(12)9-8-14-6-4-3-5-7-14/h3-11,17H,1-2H3/b9-8+. The number of benzene rings is 2. The first kappa shape index (κ1) is 11.5. The highest BCUT2D eigenvalue weighted by Crippen LogP contribution is 2.22. The second-order valence-electron chi connectivity index (χ2n) is 4.24. The van der Waals surface area contributed by atoms with Gasteiger partial charge in [-0.25, -0.2) is 0 Å². The van der Waals surface area contributed by atoms with E-state index in [0.29, 0.717) is 5.75 Å². The lowest BCUT2D eigenvalue weighted by Crippen LogP contribution is -1.83. The van der Waals surface area contributed by atoms with Gasteiger partial charge in [-0.2, -0.15) is 0 Å². The minimum absolute atomic E-state index is 0.361. The number of aromatic hydroxyl groups is 1. The molecule has 0 unspecified atom stereocenters. The van der Waals surface area contributed by atoms with Crippen molar-refractivity contribution in [2.45, 2.75) is 13.8 Å². The third-order valence-electron chi connectivity index (χ3n) is 2.84. The van der Waals surface area contributed by atoms with Crippen molar-refractivity contribution in [1.82, 2.24) is 0 Å².